The van der Waals surface area contributed by atoms with E-state index in [-0.39, 0.29) is 6.61 Å². The normalized spacial score (nSPS) is 11.5. The number of nitrogens with zero attached hydrogens (tertiary/aromatic N) is 8. The predicted octanol–water partition coefficient (Wildman–Crippen LogP) is 1.19. The molecular formula is C19H16N8O2. The topological polar surface area (TPSA) is 116 Å². The van der Waals surface area contributed by atoms with Crippen LogP contribution in [-0.4, -0.2) is 57.1 Å². The lowest BCUT2D eigenvalue weighted by Gasteiger charge is -2.04. The maximum absolute atomic E-state index is 11.2. The number of hydrogen-bond donors (Lipinski definition) is 1. The van der Waals surface area contributed by atoms with Crippen LogP contribution in [0.2, 0.25) is 0 Å². The van der Waals surface area contributed by atoms with Crippen LogP contribution in [-0.2, 0) is 13.1 Å². The summed E-state index contributed by atoms with van der Waals surface area (Å²) in [6.07, 6.45) is 9.72. The highest BCUT2D eigenvalue weighted by molar-refractivity contribution is 5.86. The maximum Gasteiger partial charge on any atom is 0.221 e. The molecule has 0 aliphatic carbocycles. The van der Waals surface area contributed by atoms with E-state index in [0.29, 0.717) is 35.6 Å². The maximum atomic E-state index is 11.2. The van der Waals surface area contributed by atoms with Gasteiger partial charge >= 0.3 is 0 Å². The van der Waals surface area contributed by atoms with Crippen molar-refractivity contribution in [3.63, 3.8) is 0 Å². The molecule has 29 heavy (non-hydrogen) atoms. The Morgan fingerprint density at radius 3 is 2.93 bits per heavy atom. The van der Waals surface area contributed by atoms with E-state index in [1.165, 1.54) is 0 Å². The molecule has 0 saturated heterocycles. The molecule has 5 aromatic rings. The van der Waals surface area contributed by atoms with Crippen molar-refractivity contribution in [2.45, 2.75) is 13.1 Å². The van der Waals surface area contributed by atoms with Crippen LogP contribution >= 0.6 is 0 Å². The van der Waals surface area contributed by atoms with Gasteiger partial charge in [0.05, 0.1) is 43.3 Å². The van der Waals surface area contributed by atoms with Crippen molar-refractivity contribution in [1.82, 2.24) is 39.1 Å². The molecule has 0 aliphatic rings. The first-order valence-electron chi connectivity index (χ1n) is 9.00. The van der Waals surface area contributed by atoms with Crippen molar-refractivity contribution in [2.75, 3.05) is 6.61 Å². The molecule has 10 nitrogen and oxygen atoms in total. The minimum Gasteiger partial charge on any atom is -0.394 e. The number of aldehydes is 1. The van der Waals surface area contributed by atoms with Crippen molar-refractivity contribution < 1.29 is 9.90 Å². The van der Waals surface area contributed by atoms with Gasteiger partial charge in [0, 0.05) is 29.7 Å². The molecule has 5 rings (SSSR count). The first kappa shape index (κ1) is 17.2. The molecule has 10 heteroatoms. The van der Waals surface area contributed by atoms with Gasteiger partial charge in [-0.1, -0.05) is 5.21 Å². The SMILES string of the molecule is O=Cc1ccn2ccc(Cn3nnc4ncc(-c5cnn(CCO)c5)nc43)cc12. The standard InChI is InChI=1S/C19H16N8O2/c28-6-5-26-11-15(8-21-26)16-9-20-18-19(22-16)27(24-23-18)10-13-1-3-25-4-2-14(12-29)17(25)7-13/h1-4,7-9,11-12,28H,5-6,10H2. The number of carbonyl (C=O) groups is 1. The van der Waals surface area contributed by atoms with Gasteiger partial charge in [-0.2, -0.15) is 5.10 Å². The van der Waals surface area contributed by atoms with E-state index >= 15 is 0 Å². The van der Waals surface area contributed by atoms with Crippen molar-refractivity contribution in [2.24, 2.45) is 0 Å². The second kappa shape index (κ2) is 6.91. The largest absolute Gasteiger partial charge is 0.394 e. The number of fused-ring (bicyclic) bond motifs is 2. The summed E-state index contributed by atoms with van der Waals surface area (Å²) in [6.45, 7) is 0.874. The van der Waals surface area contributed by atoms with Crippen LogP contribution in [0.1, 0.15) is 15.9 Å². The van der Waals surface area contributed by atoms with Gasteiger partial charge in [-0.3, -0.25) is 9.48 Å². The third-order valence-corrected chi connectivity index (χ3v) is 4.70. The minimum atomic E-state index is 0.0142. The van der Waals surface area contributed by atoms with E-state index in [9.17, 15) is 4.79 Å². The second-order valence-electron chi connectivity index (χ2n) is 6.58. The number of pyridine rings is 1. The van der Waals surface area contributed by atoms with Crippen molar-refractivity contribution in [3.8, 4) is 11.3 Å². The summed E-state index contributed by atoms with van der Waals surface area (Å²) in [5.41, 5.74) is 4.90. The molecule has 0 saturated carbocycles. The Hall–Kier alpha value is -3.92. The summed E-state index contributed by atoms with van der Waals surface area (Å²) >= 11 is 0. The smallest absolute Gasteiger partial charge is 0.221 e. The van der Waals surface area contributed by atoms with E-state index in [0.717, 1.165) is 22.9 Å². The Labute approximate surface area is 164 Å². The Bertz CT molecular complexity index is 1330. The highest BCUT2D eigenvalue weighted by atomic mass is 16.3. The summed E-state index contributed by atoms with van der Waals surface area (Å²) < 4.78 is 5.22. The molecule has 0 aliphatic heterocycles. The van der Waals surface area contributed by atoms with Crippen molar-refractivity contribution >= 4 is 23.1 Å². The van der Waals surface area contributed by atoms with Crippen molar-refractivity contribution in [3.05, 3.63) is 60.3 Å². The first-order valence-corrected chi connectivity index (χ1v) is 9.00. The molecule has 0 amide bonds. The quantitative estimate of drug-likeness (QED) is 0.434. The van der Waals surface area contributed by atoms with Gasteiger partial charge in [0.2, 0.25) is 5.65 Å². The molecule has 5 aromatic heterocycles. The molecular weight excluding hydrogens is 372 g/mol. The Kier molecular flexibility index (Phi) is 4.10. The lowest BCUT2D eigenvalue weighted by molar-refractivity contribution is 0.112. The Balaban J connectivity index is 1.51. The third-order valence-electron chi connectivity index (χ3n) is 4.70. The van der Waals surface area contributed by atoms with Crippen LogP contribution in [0.25, 0.3) is 28.1 Å². The summed E-state index contributed by atoms with van der Waals surface area (Å²) in [5, 5.41) is 21.5. The molecule has 0 aromatic carbocycles. The average Bonchev–Trinajstić information content (AvgIpc) is 3.46. The fraction of sp³-hybridized carbons (Fsp3) is 0.158. The van der Waals surface area contributed by atoms with E-state index in [4.69, 9.17) is 5.11 Å². The zero-order chi connectivity index (χ0) is 19.8. The summed E-state index contributed by atoms with van der Waals surface area (Å²) in [5.74, 6) is 0. The molecule has 0 atom stereocenters. The van der Waals surface area contributed by atoms with E-state index in [1.54, 1.807) is 27.8 Å². The molecule has 0 bridgehead atoms. The van der Waals surface area contributed by atoms with Gasteiger partial charge in [-0.05, 0) is 23.8 Å². The summed E-state index contributed by atoms with van der Waals surface area (Å²) in [4.78, 5) is 20.2. The van der Waals surface area contributed by atoms with Gasteiger partial charge in [0.25, 0.3) is 0 Å². The minimum absolute atomic E-state index is 0.0142. The number of carbonyl (C=O) groups excluding carboxylic acids is 1. The predicted molar refractivity (Wildman–Crippen MR) is 103 cm³/mol. The molecule has 0 fully saturated rings. The number of aromatic nitrogens is 8. The van der Waals surface area contributed by atoms with Crippen LogP contribution < -0.4 is 0 Å². The summed E-state index contributed by atoms with van der Waals surface area (Å²) in [6, 6.07) is 5.70. The molecule has 0 unspecified atom stereocenters. The fourth-order valence-electron chi connectivity index (χ4n) is 3.26. The van der Waals surface area contributed by atoms with E-state index < -0.39 is 0 Å². The van der Waals surface area contributed by atoms with E-state index in [2.05, 4.69) is 25.4 Å². The molecule has 5 heterocycles. The number of hydrogen-bond acceptors (Lipinski definition) is 7. The zero-order valence-electron chi connectivity index (χ0n) is 15.3. The average molecular weight is 388 g/mol. The van der Waals surface area contributed by atoms with Crippen LogP contribution in [0.3, 0.4) is 0 Å². The van der Waals surface area contributed by atoms with Gasteiger partial charge in [0.15, 0.2) is 11.9 Å². The summed E-state index contributed by atoms with van der Waals surface area (Å²) in [7, 11) is 0. The van der Waals surface area contributed by atoms with Crippen LogP contribution in [0.15, 0.2) is 49.2 Å². The monoisotopic (exact) mass is 388 g/mol. The lowest BCUT2D eigenvalue weighted by Crippen LogP contribution is -2.04. The van der Waals surface area contributed by atoms with Crippen LogP contribution in [0.4, 0.5) is 0 Å². The van der Waals surface area contributed by atoms with Gasteiger partial charge in [-0.15, -0.1) is 5.10 Å². The Morgan fingerprint density at radius 2 is 2.07 bits per heavy atom. The van der Waals surface area contributed by atoms with Crippen molar-refractivity contribution in [1.29, 1.82) is 0 Å². The lowest BCUT2D eigenvalue weighted by atomic mass is 10.2. The molecule has 0 radical (unpaired) electrons. The number of aliphatic hydroxyl groups excluding tert-OH is 1. The number of aliphatic hydroxyl groups is 1. The second-order valence-corrected chi connectivity index (χ2v) is 6.58. The van der Waals surface area contributed by atoms with Gasteiger partial charge < -0.3 is 9.51 Å². The fourth-order valence-corrected chi connectivity index (χ4v) is 3.26. The molecule has 144 valence electrons. The van der Waals surface area contributed by atoms with Crippen LogP contribution in [0.5, 0.6) is 0 Å². The van der Waals surface area contributed by atoms with Gasteiger partial charge in [0.1, 0.15) is 0 Å². The molecule has 0 spiro atoms. The van der Waals surface area contributed by atoms with Crippen LogP contribution in [0, 0.1) is 0 Å². The Morgan fingerprint density at radius 1 is 1.17 bits per heavy atom. The van der Waals surface area contributed by atoms with E-state index in [1.807, 2.05) is 35.1 Å². The molecule has 1 N–H and O–H groups in total. The zero-order valence-corrected chi connectivity index (χ0v) is 15.3. The third kappa shape index (κ3) is 3.05. The highest BCUT2D eigenvalue weighted by Gasteiger charge is 2.12. The van der Waals surface area contributed by atoms with Gasteiger partial charge in [-0.25, -0.2) is 14.6 Å². The first-order chi connectivity index (χ1) is 14.2. The number of rotatable bonds is 6. The highest BCUT2D eigenvalue weighted by Crippen LogP contribution is 2.19.